The molecule has 23 heavy (non-hydrogen) atoms. The Hall–Kier alpha value is -2.69. The Kier molecular flexibility index (Phi) is 4.37. The minimum Gasteiger partial charge on any atom is -0.378 e. The van der Waals surface area contributed by atoms with Crippen LogP contribution in [-0.4, -0.2) is 15.0 Å². The number of aromatic nitrogens is 3. The first-order valence-electron chi connectivity index (χ1n) is 7.84. The first-order valence-corrected chi connectivity index (χ1v) is 7.84. The number of anilines is 1. The second-order valence-corrected chi connectivity index (χ2v) is 5.69. The van der Waals surface area contributed by atoms with Crippen molar-refractivity contribution in [3.05, 3.63) is 64.5 Å². The highest BCUT2D eigenvalue weighted by atomic mass is 16.1. The maximum atomic E-state index is 12.0. The van der Waals surface area contributed by atoms with Crippen LogP contribution in [0.15, 0.2) is 47.5 Å². The summed E-state index contributed by atoms with van der Waals surface area (Å²) in [6.45, 7) is 4.87. The molecular formula is C18H20N4O. The molecule has 0 bridgehead atoms. The van der Waals surface area contributed by atoms with E-state index < -0.39 is 0 Å². The van der Waals surface area contributed by atoms with Crippen molar-refractivity contribution in [3.63, 3.8) is 0 Å². The maximum absolute atomic E-state index is 12.0. The summed E-state index contributed by atoms with van der Waals surface area (Å²) in [4.78, 5) is 23.3. The summed E-state index contributed by atoms with van der Waals surface area (Å²) in [6.07, 6.45) is 4.33. The average Bonchev–Trinajstić information content (AvgIpc) is 2.60. The monoisotopic (exact) mass is 308 g/mol. The van der Waals surface area contributed by atoms with Gasteiger partial charge in [0.2, 0.25) is 0 Å². The first kappa shape index (κ1) is 15.2. The van der Waals surface area contributed by atoms with Crippen LogP contribution in [0, 0.1) is 0 Å². The number of rotatable bonds is 5. The molecule has 0 spiro atoms. The van der Waals surface area contributed by atoms with Crippen LogP contribution in [-0.2, 0) is 6.54 Å². The van der Waals surface area contributed by atoms with Crippen LogP contribution in [0.1, 0.15) is 37.6 Å². The van der Waals surface area contributed by atoms with Crippen molar-refractivity contribution in [1.82, 2.24) is 15.0 Å². The molecule has 0 aliphatic heterocycles. The van der Waals surface area contributed by atoms with E-state index >= 15 is 0 Å². The molecular weight excluding hydrogens is 288 g/mol. The highest BCUT2D eigenvalue weighted by Crippen LogP contribution is 2.20. The lowest BCUT2D eigenvalue weighted by atomic mass is 9.99. The molecule has 5 nitrogen and oxygen atoms in total. The third-order valence-corrected chi connectivity index (χ3v) is 4.11. The van der Waals surface area contributed by atoms with Gasteiger partial charge in [-0.1, -0.05) is 26.0 Å². The molecule has 1 aromatic carbocycles. The van der Waals surface area contributed by atoms with Gasteiger partial charge in [-0.2, -0.15) is 0 Å². The molecule has 0 aliphatic rings. The summed E-state index contributed by atoms with van der Waals surface area (Å²) < 4.78 is 0. The Morgan fingerprint density at radius 2 is 2.00 bits per heavy atom. The average molecular weight is 308 g/mol. The molecule has 2 aromatic heterocycles. The standard InChI is InChI=1S/C18H20N4O/c1-3-12(2)13-4-6-14(7-5-13)20-11-17-21-16-10-19-9-8-15(16)18(23)22-17/h4-10,12,20H,3,11H2,1-2H3,(H,21,22,23). The molecule has 2 heterocycles. The van der Waals surface area contributed by atoms with Gasteiger partial charge >= 0.3 is 0 Å². The van der Waals surface area contributed by atoms with Gasteiger partial charge in [-0.05, 0) is 36.1 Å². The van der Waals surface area contributed by atoms with Gasteiger partial charge in [0.1, 0.15) is 5.82 Å². The molecule has 0 saturated heterocycles. The Balaban J connectivity index is 1.74. The normalized spacial score (nSPS) is 12.3. The second-order valence-electron chi connectivity index (χ2n) is 5.69. The van der Waals surface area contributed by atoms with Gasteiger partial charge < -0.3 is 10.3 Å². The van der Waals surface area contributed by atoms with E-state index in [2.05, 4.69) is 58.4 Å². The molecule has 0 aliphatic carbocycles. The first-order chi connectivity index (χ1) is 11.2. The van der Waals surface area contributed by atoms with Crippen LogP contribution >= 0.6 is 0 Å². The van der Waals surface area contributed by atoms with Crippen molar-refractivity contribution in [2.45, 2.75) is 32.7 Å². The number of aromatic amines is 1. The Morgan fingerprint density at radius 3 is 2.74 bits per heavy atom. The van der Waals surface area contributed by atoms with E-state index in [1.54, 1.807) is 18.5 Å². The summed E-state index contributed by atoms with van der Waals surface area (Å²) >= 11 is 0. The summed E-state index contributed by atoms with van der Waals surface area (Å²) in [5.74, 6) is 1.16. The molecule has 1 atom stereocenters. The zero-order valence-corrected chi connectivity index (χ0v) is 13.3. The molecule has 118 valence electrons. The van der Waals surface area contributed by atoms with Crippen LogP contribution in [0.3, 0.4) is 0 Å². The van der Waals surface area contributed by atoms with Gasteiger partial charge in [0.15, 0.2) is 0 Å². The lowest BCUT2D eigenvalue weighted by molar-refractivity contribution is 0.733. The Bertz CT molecular complexity index is 855. The molecule has 2 N–H and O–H groups in total. The molecule has 1 unspecified atom stereocenters. The molecule has 3 aromatic rings. The van der Waals surface area contributed by atoms with Crippen molar-refractivity contribution in [1.29, 1.82) is 0 Å². The third kappa shape index (κ3) is 3.39. The van der Waals surface area contributed by atoms with Crippen molar-refractivity contribution in [3.8, 4) is 0 Å². The SMILES string of the molecule is CCC(C)c1ccc(NCc2nc3cnccc3c(=O)[nH]2)cc1. The molecule has 0 saturated carbocycles. The number of hydrogen-bond donors (Lipinski definition) is 2. The van der Waals surface area contributed by atoms with Crippen LogP contribution in [0.4, 0.5) is 5.69 Å². The van der Waals surface area contributed by atoms with Crippen LogP contribution in [0.2, 0.25) is 0 Å². The highest BCUT2D eigenvalue weighted by Gasteiger charge is 2.05. The third-order valence-electron chi connectivity index (χ3n) is 4.11. The summed E-state index contributed by atoms with van der Waals surface area (Å²) in [5, 5.41) is 3.84. The van der Waals surface area contributed by atoms with Gasteiger partial charge in [0.05, 0.1) is 23.6 Å². The number of benzene rings is 1. The predicted molar refractivity (Wildman–Crippen MR) is 92.6 cm³/mol. The van der Waals surface area contributed by atoms with Crippen molar-refractivity contribution < 1.29 is 0 Å². The number of pyridine rings is 1. The quantitative estimate of drug-likeness (QED) is 0.757. The smallest absolute Gasteiger partial charge is 0.258 e. The molecule has 0 fully saturated rings. The van der Waals surface area contributed by atoms with Gasteiger partial charge in [-0.25, -0.2) is 4.98 Å². The van der Waals surface area contributed by atoms with Crippen LogP contribution in [0.5, 0.6) is 0 Å². The number of H-pyrrole nitrogens is 1. The number of nitrogens with one attached hydrogen (secondary N) is 2. The Morgan fingerprint density at radius 1 is 1.22 bits per heavy atom. The van der Waals surface area contributed by atoms with E-state index in [-0.39, 0.29) is 5.56 Å². The van der Waals surface area contributed by atoms with E-state index in [0.717, 1.165) is 12.1 Å². The highest BCUT2D eigenvalue weighted by molar-refractivity contribution is 5.75. The van der Waals surface area contributed by atoms with E-state index in [0.29, 0.717) is 29.2 Å². The van der Waals surface area contributed by atoms with Gasteiger partial charge in [-0.3, -0.25) is 9.78 Å². The van der Waals surface area contributed by atoms with Gasteiger partial charge in [0.25, 0.3) is 5.56 Å². The summed E-state index contributed by atoms with van der Waals surface area (Å²) in [5.41, 5.74) is 2.81. The molecule has 0 radical (unpaired) electrons. The fourth-order valence-electron chi connectivity index (χ4n) is 2.47. The van der Waals surface area contributed by atoms with Crippen molar-refractivity contribution in [2.75, 3.05) is 5.32 Å². The number of hydrogen-bond acceptors (Lipinski definition) is 4. The second kappa shape index (κ2) is 6.60. The lowest BCUT2D eigenvalue weighted by Crippen LogP contribution is -2.14. The van der Waals surface area contributed by atoms with Crippen LogP contribution in [0.25, 0.3) is 10.9 Å². The summed E-state index contributed by atoms with van der Waals surface area (Å²) in [7, 11) is 0. The van der Waals surface area contributed by atoms with E-state index in [1.165, 1.54) is 5.56 Å². The lowest BCUT2D eigenvalue weighted by Gasteiger charge is -2.11. The fourth-order valence-corrected chi connectivity index (χ4v) is 2.47. The van der Waals surface area contributed by atoms with E-state index in [9.17, 15) is 4.79 Å². The van der Waals surface area contributed by atoms with Gasteiger partial charge in [0, 0.05) is 11.9 Å². The minimum atomic E-state index is -0.138. The Labute approximate surface area is 134 Å². The topological polar surface area (TPSA) is 70.7 Å². The largest absolute Gasteiger partial charge is 0.378 e. The molecule has 0 amide bonds. The van der Waals surface area contributed by atoms with Crippen LogP contribution < -0.4 is 10.9 Å². The number of nitrogens with zero attached hydrogens (tertiary/aromatic N) is 2. The minimum absolute atomic E-state index is 0.138. The van der Waals surface area contributed by atoms with Crippen molar-refractivity contribution >= 4 is 16.6 Å². The van der Waals surface area contributed by atoms with Gasteiger partial charge in [-0.15, -0.1) is 0 Å². The van der Waals surface area contributed by atoms with E-state index in [4.69, 9.17) is 0 Å². The zero-order valence-electron chi connectivity index (χ0n) is 13.3. The molecule has 3 rings (SSSR count). The van der Waals surface area contributed by atoms with E-state index in [1.807, 2.05) is 0 Å². The summed E-state index contributed by atoms with van der Waals surface area (Å²) in [6, 6.07) is 10.1. The fraction of sp³-hybridized carbons (Fsp3) is 0.278. The zero-order chi connectivity index (χ0) is 16.2. The molecule has 5 heteroatoms. The number of fused-ring (bicyclic) bond motifs is 1. The predicted octanol–water partition coefficient (Wildman–Crippen LogP) is 3.44. The van der Waals surface area contributed by atoms with Crippen molar-refractivity contribution in [2.24, 2.45) is 0 Å². The maximum Gasteiger partial charge on any atom is 0.258 e.